The van der Waals surface area contributed by atoms with Gasteiger partial charge in [-0.2, -0.15) is 0 Å². The molecule has 122 valence electrons. The third kappa shape index (κ3) is 4.07. The first kappa shape index (κ1) is 18.2. The van der Waals surface area contributed by atoms with Crippen molar-refractivity contribution in [3.8, 4) is 0 Å². The van der Waals surface area contributed by atoms with Crippen molar-refractivity contribution in [3.63, 3.8) is 0 Å². The van der Waals surface area contributed by atoms with Crippen molar-refractivity contribution < 1.29 is 23.1 Å². The highest BCUT2D eigenvalue weighted by molar-refractivity contribution is 7.91. The van der Waals surface area contributed by atoms with Crippen LogP contribution in [0.2, 0.25) is 0 Å². The van der Waals surface area contributed by atoms with Gasteiger partial charge in [0, 0.05) is 5.56 Å². The van der Waals surface area contributed by atoms with Gasteiger partial charge < -0.3 is 10.4 Å². The van der Waals surface area contributed by atoms with E-state index in [1.54, 1.807) is 0 Å². The number of carboxylic acids is 1. The highest BCUT2D eigenvalue weighted by Crippen LogP contribution is 2.17. The first-order chi connectivity index (χ1) is 10.2. The van der Waals surface area contributed by atoms with Crippen molar-refractivity contribution in [1.82, 2.24) is 5.32 Å². The summed E-state index contributed by atoms with van der Waals surface area (Å²) in [6.07, 6.45) is 0.869. The largest absolute Gasteiger partial charge is 0.480 e. The lowest BCUT2D eigenvalue weighted by Gasteiger charge is -2.25. The second-order valence-electron chi connectivity index (χ2n) is 5.27. The Balaban J connectivity index is 3.09. The summed E-state index contributed by atoms with van der Waals surface area (Å²) in [7, 11) is -3.42. The van der Waals surface area contributed by atoms with Crippen LogP contribution < -0.4 is 5.32 Å². The first-order valence-corrected chi connectivity index (χ1v) is 8.70. The lowest BCUT2D eigenvalue weighted by atomic mass is 9.96. The summed E-state index contributed by atoms with van der Waals surface area (Å²) in [5.74, 6) is -1.80. The van der Waals surface area contributed by atoms with Crippen molar-refractivity contribution >= 4 is 21.7 Å². The number of carbonyl (C=O) groups is 2. The molecule has 1 aromatic carbocycles. The molecule has 1 atom stereocenters. The van der Waals surface area contributed by atoms with Crippen molar-refractivity contribution in [2.75, 3.05) is 5.75 Å². The zero-order chi connectivity index (χ0) is 17.0. The predicted molar refractivity (Wildman–Crippen MR) is 82.6 cm³/mol. The lowest BCUT2D eigenvalue weighted by Crippen LogP contribution is -2.52. The van der Waals surface area contributed by atoms with Crippen LogP contribution in [0.25, 0.3) is 0 Å². The zero-order valence-corrected chi connectivity index (χ0v) is 13.7. The maximum atomic E-state index is 12.2. The topological polar surface area (TPSA) is 101 Å². The predicted octanol–water partition coefficient (Wildman–Crippen LogP) is 1.85. The van der Waals surface area contributed by atoms with E-state index in [4.69, 9.17) is 0 Å². The molecular formula is C15H21NO5S. The van der Waals surface area contributed by atoms with Crippen LogP contribution in [0.5, 0.6) is 0 Å². The van der Waals surface area contributed by atoms with E-state index in [1.807, 2.05) is 6.92 Å². The fourth-order valence-electron chi connectivity index (χ4n) is 2.04. The molecule has 1 unspecified atom stereocenters. The molecule has 7 heteroatoms. The minimum Gasteiger partial charge on any atom is -0.480 e. The molecule has 0 spiro atoms. The standard InChI is InChI=1S/C15H21NO5S/c1-4-9-15(3,14(18)19)16-13(17)11-7-6-8-12(10-11)22(20,21)5-2/h6-8,10H,4-5,9H2,1-3H3,(H,16,17)(H,18,19). The number of benzene rings is 1. The Morgan fingerprint density at radius 3 is 2.41 bits per heavy atom. The second kappa shape index (κ2) is 6.91. The molecule has 0 aromatic heterocycles. The van der Waals surface area contributed by atoms with Crippen LogP contribution in [-0.4, -0.2) is 36.7 Å². The Bertz CT molecular complexity index is 668. The molecule has 0 radical (unpaired) electrons. The maximum Gasteiger partial charge on any atom is 0.329 e. The molecule has 2 N–H and O–H groups in total. The van der Waals surface area contributed by atoms with Crippen LogP contribution in [0.15, 0.2) is 29.2 Å². The Kier molecular flexibility index (Phi) is 5.71. The first-order valence-electron chi connectivity index (χ1n) is 7.05. The monoisotopic (exact) mass is 327 g/mol. The molecular weight excluding hydrogens is 306 g/mol. The van der Waals surface area contributed by atoms with Crippen LogP contribution in [0.1, 0.15) is 44.0 Å². The molecule has 0 saturated heterocycles. The number of hydrogen-bond donors (Lipinski definition) is 2. The van der Waals surface area contributed by atoms with E-state index in [0.29, 0.717) is 6.42 Å². The maximum absolute atomic E-state index is 12.2. The Morgan fingerprint density at radius 1 is 1.27 bits per heavy atom. The molecule has 0 aliphatic rings. The van der Waals surface area contributed by atoms with Crippen LogP contribution in [-0.2, 0) is 14.6 Å². The van der Waals surface area contributed by atoms with Gasteiger partial charge in [0.2, 0.25) is 0 Å². The number of rotatable bonds is 7. The molecule has 22 heavy (non-hydrogen) atoms. The fourth-order valence-corrected chi connectivity index (χ4v) is 2.97. The van der Waals surface area contributed by atoms with E-state index in [2.05, 4.69) is 5.32 Å². The van der Waals surface area contributed by atoms with Crippen molar-refractivity contribution in [2.45, 2.75) is 44.0 Å². The Hall–Kier alpha value is -1.89. The molecule has 6 nitrogen and oxygen atoms in total. The average Bonchev–Trinajstić information content (AvgIpc) is 2.47. The summed E-state index contributed by atoms with van der Waals surface area (Å²) < 4.78 is 23.7. The quantitative estimate of drug-likeness (QED) is 0.796. The molecule has 0 saturated carbocycles. The van der Waals surface area contributed by atoms with E-state index in [0.717, 1.165) is 0 Å². The fraction of sp³-hybridized carbons (Fsp3) is 0.467. The van der Waals surface area contributed by atoms with E-state index >= 15 is 0 Å². The van der Waals surface area contributed by atoms with Crippen molar-refractivity contribution in [1.29, 1.82) is 0 Å². The molecule has 0 aliphatic heterocycles. The van der Waals surface area contributed by atoms with Crippen molar-refractivity contribution in [2.24, 2.45) is 0 Å². The third-order valence-electron chi connectivity index (χ3n) is 3.45. The molecule has 1 aromatic rings. The van der Waals surface area contributed by atoms with Gasteiger partial charge in [-0.15, -0.1) is 0 Å². The van der Waals surface area contributed by atoms with Gasteiger partial charge in [0.05, 0.1) is 10.6 Å². The number of carboxylic acid groups (broad SMARTS) is 1. The summed E-state index contributed by atoms with van der Waals surface area (Å²) in [4.78, 5) is 23.6. The summed E-state index contributed by atoms with van der Waals surface area (Å²) in [5, 5.41) is 11.7. The minimum atomic E-state index is -3.42. The summed E-state index contributed by atoms with van der Waals surface area (Å²) in [6, 6.07) is 5.61. The lowest BCUT2D eigenvalue weighted by molar-refractivity contribution is -0.144. The van der Waals surface area contributed by atoms with E-state index < -0.39 is 27.3 Å². The van der Waals surface area contributed by atoms with Crippen LogP contribution in [0.3, 0.4) is 0 Å². The zero-order valence-electron chi connectivity index (χ0n) is 12.9. The summed E-state index contributed by atoms with van der Waals surface area (Å²) in [6.45, 7) is 4.77. The Labute approximate surface area is 130 Å². The number of amides is 1. The SMILES string of the molecule is CCCC(C)(NC(=O)c1cccc(S(=O)(=O)CC)c1)C(=O)O. The molecule has 1 amide bonds. The van der Waals surface area contributed by atoms with Gasteiger partial charge in [-0.25, -0.2) is 13.2 Å². The number of nitrogens with one attached hydrogen (secondary N) is 1. The molecule has 1 rings (SSSR count). The minimum absolute atomic E-state index is 0.0511. The van der Waals surface area contributed by atoms with Gasteiger partial charge in [0.15, 0.2) is 9.84 Å². The molecule has 0 aliphatic carbocycles. The highest BCUT2D eigenvalue weighted by Gasteiger charge is 2.34. The number of carbonyl (C=O) groups excluding carboxylic acids is 1. The number of aliphatic carboxylic acids is 1. The van der Waals surface area contributed by atoms with E-state index in [9.17, 15) is 23.1 Å². The molecule has 0 fully saturated rings. The number of sulfone groups is 1. The van der Waals surface area contributed by atoms with Crippen LogP contribution in [0.4, 0.5) is 0 Å². The average molecular weight is 327 g/mol. The van der Waals surface area contributed by atoms with Gasteiger partial charge in [-0.3, -0.25) is 4.79 Å². The van der Waals surface area contributed by atoms with Gasteiger partial charge >= 0.3 is 5.97 Å². The molecule has 0 heterocycles. The van der Waals surface area contributed by atoms with Gasteiger partial charge in [0.1, 0.15) is 5.54 Å². The Morgan fingerprint density at radius 2 is 1.91 bits per heavy atom. The summed E-state index contributed by atoms with van der Waals surface area (Å²) >= 11 is 0. The van der Waals surface area contributed by atoms with Crippen molar-refractivity contribution in [3.05, 3.63) is 29.8 Å². The van der Waals surface area contributed by atoms with E-state index in [-0.39, 0.29) is 22.6 Å². The van der Waals surface area contributed by atoms with Gasteiger partial charge in [-0.05, 0) is 31.5 Å². The highest BCUT2D eigenvalue weighted by atomic mass is 32.2. The smallest absolute Gasteiger partial charge is 0.329 e. The normalized spacial score (nSPS) is 14.1. The molecule has 0 bridgehead atoms. The third-order valence-corrected chi connectivity index (χ3v) is 5.18. The summed E-state index contributed by atoms with van der Waals surface area (Å²) in [5.41, 5.74) is -1.26. The van der Waals surface area contributed by atoms with Gasteiger partial charge in [0.25, 0.3) is 5.91 Å². The van der Waals surface area contributed by atoms with Crippen LogP contribution in [0, 0.1) is 0 Å². The second-order valence-corrected chi connectivity index (χ2v) is 7.55. The van der Waals surface area contributed by atoms with Crippen LogP contribution >= 0.6 is 0 Å². The van der Waals surface area contributed by atoms with Gasteiger partial charge in [-0.1, -0.05) is 26.3 Å². The number of hydrogen-bond acceptors (Lipinski definition) is 4. The van der Waals surface area contributed by atoms with E-state index in [1.165, 1.54) is 38.1 Å².